The maximum Gasteiger partial charge on any atom is 0.257 e. The second-order valence-corrected chi connectivity index (χ2v) is 6.77. The lowest BCUT2D eigenvalue weighted by Crippen LogP contribution is -2.14. The number of fused-ring (bicyclic) bond motifs is 1. The number of anilines is 1. The highest BCUT2D eigenvalue weighted by Gasteiger charge is 2.12. The van der Waals surface area contributed by atoms with Crippen LogP contribution in [0.3, 0.4) is 0 Å². The molecule has 140 valence electrons. The Kier molecular flexibility index (Phi) is 5.25. The molecule has 0 aliphatic heterocycles. The van der Waals surface area contributed by atoms with Crippen LogP contribution in [0.25, 0.3) is 11.1 Å². The van der Waals surface area contributed by atoms with Crippen LogP contribution in [0, 0.1) is 5.82 Å². The van der Waals surface area contributed by atoms with Gasteiger partial charge in [0.1, 0.15) is 17.1 Å². The number of carbonyl (C=O) groups excluding carboxylic acids is 1. The third-order valence-electron chi connectivity index (χ3n) is 3.79. The van der Waals surface area contributed by atoms with Crippen LogP contribution < -0.4 is 10.1 Å². The third-order valence-corrected chi connectivity index (χ3v) is 4.61. The topological polar surface area (TPSA) is 64.4 Å². The van der Waals surface area contributed by atoms with E-state index in [-0.39, 0.29) is 11.7 Å². The molecule has 1 amide bonds. The number of halogens is 1. The Morgan fingerprint density at radius 3 is 2.75 bits per heavy atom. The van der Waals surface area contributed by atoms with Crippen molar-refractivity contribution in [2.24, 2.45) is 0 Å². The molecule has 5 nitrogen and oxygen atoms in total. The first-order chi connectivity index (χ1) is 13.7. The second kappa shape index (κ2) is 8.14. The first-order valence-electron chi connectivity index (χ1n) is 8.48. The molecule has 1 aromatic heterocycles. The minimum atomic E-state index is -0.395. The largest absolute Gasteiger partial charge is 0.455 e. The fourth-order valence-corrected chi connectivity index (χ4v) is 3.18. The number of hydrogen-bond donors (Lipinski definition) is 1. The first kappa shape index (κ1) is 18.1. The number of ether oxygens (including phenoxy) is 1. The number of rotatable bonds is 6. The van der Waals surface area contributed by atoms with E-state index in [4.69, 9.17) is 9.15 Å². The molecule has 28 heavy (non-hydrogen) atoms. The molecule has 0 saturated carbocycles. The fourth-order valence-electron chi connectivity index (χ4n) is 2.54. The van der Waals surface area contributed by atoms with Crippen LogP contribution in [-0.4, -0.2) is 16.6 Å². The summed E-state index contributed by atoms with van der Waals surface area (Å²) >= 11 is 1.21. The summed E-state index contributed by atoms with van der Waals surface area (Å²) in [5.41, 5.74) is 1.92. The number of aromatic nitrogens is 1. The van der Waals surface area contributed by atoms with Gasteiger partial charge in [0.05, 0.1) is 11.4 Å². The zero-order chi connectivity index (χ0) is 19.3. The van der Waals surface area contributed by atoms with Gasteiger partial charge in [0.15, 0.2) is 11.3 Å². The van der Waals surface area contributed by atoms with E-state index in [0.717, 1.165) is 5.52 Å². The average Bonchev–Trinajstić information content (AvgIpc) is 3.11. The van der Waals surface area contributed by atoms with E-state index in [1.54, 1.807) is 36.4 Å². The maximum atomic E-state index is 13.4. The van der Waals surface area contributed by atoms with E-state index in [2.05, 4.69) is 10.3 Å². The van der Waals surface area contributed by atoms with Gasteiger partial charge >= 0.3 is 0 Å². The van der Waals surface area contributed by atoms with E-state index in [1.807, 2.05) is 24.3 Å². The van der Waals surface area contributed by atoms with Crippen molar-refractivity contribution in [3.63, 3.8) is 0 Å². The van der Waals surface area contributed by atoms with Crippen LogP contribution in [0.1, 0.15) is 0 Å². The molecule has 1 heterocycles. The summed E-state index contributed by atoms with van der Waals surface area (Å²) in [5, 5.41) is 3.23. The Bertz CT molecular complexity index is 1100. The number of thioether (sulfide) groups is 1. The van der Waals surface area contributed by atoms with Gasteiger partial charge in [-0.15, -0.1) is 0 Å². The number of para-hydroxylation sites is 4. The number of nitrogens with one attached hydrogen (secondary N) is 1. The lowest BCUT2D eigenvalue weighted by atomic mass is 10.3. The van der Waals surface area contributed by atoms with E-state index < -0.39 is 5.82 Å². The minimum absolute atomic E-state index is 0.126. The van der Waals surface area contributed by atoms with E-state index in [9.17, 15) is 9.18 Å². The van der Waals surface area contributed by atoms with Gasteiger partial charge in [-0.25, -0.2) is 9.37 Å². The molecule has 0 fully saturated rings. The Hall–Kier alpha value is -3.32. The number of hydrogen-bond acceptors (Lipinski definition) is 5. The van der Waals surface area contributed by atoms with Crippen LogP contribution >= 0.6 is 11.8 Å². The molecule has 0 atom stereocenters. The van der Waals surface area contributed by atoms with Crippen molar-refractivity contribution in [1.82, 2.24) is 4.98 Å². The molecular weight excluding hydrogens is 379 g/mol. The van der Waals surface area contributed by atoms with E-state index in [1.165, 1.54) is 23.9 Å². The molecule has 7 heteroatoms. The quantitative estimate of drug-likeness (QED) is 0.438. The van der Waals surface area contributed by atoms with Gasteiger partial charge in [-0.1, -0.05) is 42.1 Å². The fraction of sp³-hybridized carbons (Fsp3) is 0.0476. The molecule has 0 aliphatic rings. The van der Waals surface area contributed by atoms with Crippen molar-refractivity contribution in [3.05, 3.63) is 78.6 Å². The molecule has 1 N–H and O–H groups in total. The summed E-state index contributed by atoms with van der Waals surface area (Å²) in [6.45, 7) is 0. The zero-order valence-corrected chi connectivity index (χ0v) is 15.4. The SMILES string of the molecule is O=C(CSc1nc2ccccc2o1)Nc1ccccc1Oc1cccc(F)c1. The van der Waals surface area contributed by atoms with Crippen molar-refractivity contribution in [3.8, 4) is 11.5 Å². The van der Waals surface area contributed by atoms with Crippen molar-refractivity contribution in [2.75, 3.05) is 11.1 Å². The van der Waals surface area contributed by atoms with Gasteiger partial charge in [-0.3, -0.25) is 4.79 Å². The van der Waals surface area contributed by atoms with Crippen molar-refractivity contribution in [2.45, 2.75) is 5.22 Å². The highest BCUT2D eigenvalue weighted by atomic mass is 32.2. The Morgan fingerprint density at radius 2 is 1.89 bits per heavy atom. The van der Waals surface area contributed by atoms with Crippen LogP contribution in [-0.2, 0) is 4.79 Å². The molecule has 0 unspecified atom stereocenters. The number of benzene rings is 3. The highest BCUT2D eigenvalue weighted by Crippen LogP contribution is 2.30. The number of oxazole rings is 1. The summed E-state index contributed by atoms with van der Waals surface area (Å²) in [5.74, 6) is 0.272. The van der Waals surface area contributed by atoms with Gasteiger partial charge in [0.2, 0.25) is 5.91 Å². The second-order valence-electron chi connectivity index (χ2n) is 5.84. The molecule has 0 spiro atoms. The van der Waals surface area contributed by atoms with Crippen LogP contribution in [0.15, 0.2) is 82.4 Å². The molecule has 4 rings (SSSR count). The monoisotopic (exact) mass is 394 g/mol. The van der Waals surface area contributed by atoms with Crippen molar-refractivity contribution >= 4 is 34.5 Å². The molecule has 4 aromatic rings. The van der Waals surface area contributed by atoms with E-state index in [0.29, 0.717) is 28.0 Å². The number of carbonyl (C=O) groups is 1. The minimum Gasteiger partial charge on any atom is -0.455 e. The Labute approximate surface area is 164 Å². The standard InChI is InChI=1S/C21H15FN2O3S/c22-14-6-5-7-15(12-14)26-18-10-3-1-8-16(18)23-20(25)13-28-21-24-17-9-2-4-11-19(17)27-21/h1-12H,13H2,(H,23,25). The molecule has 0 saturated heterocycles. The Morgan fingerprint density at radius 1 is 1.07 bits per heavy atom. The lowest BCUT2D eigenvalue weighted by Gasteiger charge is -2.12. The first-order valence-corrected chi connectivity index (χ1v) is 9.46. The van der Waals surface area contributed by atoms with E-state index >= 15 is 0 Å². The summed E-state index contributed by atoms with van der Waals surface area (Å²) < 4.78 is 24.6. The average molecular weight is 394 g/mol. The van der Waals surface area contributed by atoms with Crippen LogP contribution in [0.2, 0.25) is 0 Å². The molecular formula is C21H15FN2O3S. The number of nitrogens with zero attached hydrogens (tertiary/aromatic N) is 1. The number of amides is 1. The Balaban J connectivity index is 1.41. The third kappa shape index (κ3) is 4.32. The van der Waals surface area contributed by atoms with Gasteiger partial charge in [0.25, 0.3) is 5.22 Å². The normalized spacial score (nSPS) is 10.8. The molecule has 0 radical (unpaired) electrons. The van der Waals surface area contributed by atoms with Crippen molar-refractivity contribution < 1.29 is 18.3 Å². The molecule has 0 aliphatic carbocycles. The molecule has 3 aromatic carbocycles. The van der Waals surface area contributed by atoms with Gasteiger partial charge < -0.3 is 14.5 Å². The van der Waals surface area contributed by atoms with Crippen molar-refractivity contribution in [1.29, 1.82) is 0 Å². The lowest BCUT2D eigenvalue weighted by molar-refractivity contribution is -0.113. The summed E-state index contributed by atoms with van der Waals surface area (Å²) in [6.07, 6.45) is 0. The predicted octanol–water partition coefficient (Wildman–Crippen LogP) is 5.49. The summed E-state index contributed by atoms with van der Waals surface area (Å²) in [6, 6.07) is 20.2. The summed E-state index contributed by atoms with van der Waals surface area (Å²) in [4.78, 5) is 16.7. The predicted molar refractivity (Wildman–Crippen MR) is 106 cm³/mol. The van der Waals surface area contributed by atoms with Gasteiger partial charge in [0, 0.05) is 6.07 Å². The van der Waals surface area contributed by atoms with Gasteiger partial charge in [-0.2, -0.15) is 0 Å². The highest BCUT2D eigenvalue weighted by molar-refractivity contribution is 7.99. The summed E-state index contributed by atoms with van der Waals surface area (Å²) in [7, 11) is 0. The van der Waals surface area contributed by atoms with Gasteiger partial charge in [-0.05, 0) is 36.4 Å². The zero-order valence-electron chi connectivity index (χ0n) is 14.6. The smallest absolute Gasteiger partial charge is 0.257 e. The van der Waals surface area contributed by atoms with Crippen LogP contribution in [0.5, 0.6) is 11.5 Å². The van der Waals surface area contributed by atoms with Crippen LogP contribution in [0.4, 0.5) is 10.1 Å². The molecule has 0 bridgehead atoms. The maximum absolute atomic E-state index is 13.4.